The van der Waals surface area contributed by atoms with Crippen LogP contribution in [0.5, 0.6) is 0 Å². The molecule has 8 heteroatoms. The highest BCUT2D eigenvalue weighted by atomic mass is 35.5. The van der Waals surface area contributed by atoms with E-state index in [9.17, 15) is 4.79 Å². The van der Waals surface area contributed by atoms with E-state index in [1.807, 2.05) is 52.4 Å². The van der Waals surface area contributed by atoms with Crippen LogP contribution in [0.2, 0.25) is 0 Å². The van der Waals surface area contributed by atoms with E-state index >= 15 is 0 Å². The van der Waals surface area contributed by atoms with Crippen LogP contribution in [0.1, 0.15) is 0 Å². The van der Waals surface area contributed by atoms with E-state index in [1.54, 1.807) is 12.4 Å². The number of nitrogens with zero attached hydrogens (tertiary/aromatic N) is 5. The topological polar surface area (TPSA) is 63.5 Å². The lowest BCUT2D eigenvalue weighted by Crippen LogP contribution is -2.49. The van der Waals surface area contributed by atoms with Crippen LogP contribution in [-0.4, -0.2) is 51.8 Å². The first-order chi connectivity index (χ1) is 13.3. The Kier molecular flexibility index (Phi) is 5.02. The molecule has 5 rings (SSSR count). The number of aromatic nitrogens is 3. The number of urea groups is 1. The van der Waals surface area contributed by atoms with Gasteiger partial charge < -0.3 is 14.2 Å². The van der Waals surface area contributed by atoms with Gasteiger partial charge in [0.15, 0.2) is 0 Å². The first kappa shape index (κ1) is 18.5. The standard InChI is InChI=1S/C20H19N5O2.ClH/c26-20(23-9-11-27-12-10-23)25-14-24-18(16-3-1-2-4-17(16)25)13-22-19(24)15-5-7-21-8-6-15;/h1-8,13H,9-12,14H2;1H. The highest BCUT2D eigenvalue weighted by Crippen LogP contribution is 2.38. The third kappa shape index (κ3) is 3.02. The third-order valence-electron chi connectivity index (χ3n) is 5.06. The van der Waals surface area contributed by atoms with Crippen molar-refractivity contribution in [2.75, 3.05) is 31.2 Å². The van der Waals surface area contributed by atoms with Gasteiger partial charge in [-0.3, -0.25) is 9.88 Å². The second-order valence-corrected chi connectivity index (χ2v) is 6.60. The number of pyridine rings is 1. The van der Waals surface area contributed by atoms with Gasteiger partial charge in [0.1, 0.15) is 12.5 Å². The molecule has 0 bridgehead atoms. The number of carbonyl (C=O) groups is 1. The average molecular weight is 398 g/mol. The highest BCUT2D eigenvalue weighted by molar-refractivity contribution is 5.97. The molecule has 1 aromatic carbocycles. The molecule has 0 atom stereocenters. The second kappa shape index (κ2) is 7.61. The molecule has 1 fully saturated rings. The molecule has 0 radical (unpaired) electrons. The van der Waals surface area contributed by atoms with Gasteiger partial charge in [0, 0.05) is 36.6 Å². The first-order valence-electron chi connectivity index (χ1n) is 9.02. The molecule has 0 spiro atoms. The summed E-state index contributed by atoms with van der Waals surface area (Å²) in [7, 11) is 0. The molecule has 28 heavy (non-hydrogen) atoms. The molecular weight excluding hydrogens is 378 g/mol. The highest BCUT2D eigenvalue weighted by Gasteiger charge is 2.31. The number of hydrogen-bond acceptors (Lipinski definition) is 4. The maximum Gasteiger partial charge on any atom is 0.326 e. The summed E-state index contributed by atoms with van der Waals surface area (Å²) in [5, 5.41) is 0. The Morgan fingerprint density at radius 1 is 1.04 bits per heavy atom. The van der Waals surface area contributed by atoms with Crippen LogP contribution < -0.4 is 4.90 Å². The molecule has 0 N–H and O–H groups in total. The van der Waals surface area contributed by atoms with Gasteiger partial charge in [0.2, 0.25) is 0 Å². The van der Waals surface area contributed by atoms with E-state index in [-0.39, 0.29) is 18.4 Å². The van der Waals surface area contributed by atoms with Gasteiger partial charge in [-0.15, -0.1) is 12.4 Å². The fraction of sp³-hybridized carbons (Fsp3) is 0.250. The number of morpholine rings is 1. The summed E-state index contributed by atoms with van der Waals surface area (Å²) in [6, 6.07) is 11.9. The molecule has 144 valence electrons. The predicted molar refractivity (Wildman–Crippen MR) is 108 cm³/mol. The van der Waals surface area contributed by atoms with E-state index in [0.717, 1.165) is 28.3 Å². The van der Waals surface area contributed by atoms with Crippen molar-refractivity contribution < 1.29 is 9.53 Å². The summed E-state index contributed by atoms with van der Waals surface area (Å²) in [5.74, 6) is 0.835. The maximum absolute atomic E-state index is 13.2. The summed E-state index contributed by atoms with van der Waals surface area (Å²) in [6.45, 7) is 2.83. The molecule has 2 aromatic heterocycles. The minimum absolute atomic E-state index is 0. The molecule has 1 saturated heterocycles. The number of halogens is 1. The molecule has 2 aliphatic rings. The minimum atomic E-state index is 0. The zero-order chi connectivity index (χ0) is 18.2. The SMILES string of the molecule is Cl.O=C(N1CCOCC1)N1Cn2c(cnc2-c2ccncc2)-c2ccccc21. The molecule has 7 nitrogen and oxygen atoms in total. The maximum atomic E-state index is 13.2. The van der Waals surface area contributed by atoms with Gasteiger partial charge in [-0.1, -0.05) is 18.2 Å². The zero-order valence-corrected chi connectivity index (χ0v) is 16.0. The van der Waals surface area contributed by atoms with Crippen molar-refractivity contribution in [1.29, 1.82) is 0 Å². The Hall–Kier alpha value is -2.90. The van der Waals surface area contributed by atoms with E-state index < -0.39 is 0 Å². The summed E-state index contributed by atoms with van der Waals surface area (Å²) < 4.78 is 7.49. The Bertz CT molecular complexity index is 972. The third-order valence-corrected chi connectivity index (χ3v) is 5.06. The molecule has 4 heterocycles. The molecule has 2 aliphatic heterocycles. The van der Waals surface area contributed by atoms with Crippen LogP contribution in [0.4, 0.5) is 10.5 Å². The number of benzene rings is 1. The van der Waals surface area contributed by atoms with Crippen molar-refractivity contribution in [3.63, 3.8) is 0 Å². The number of hydrogen-bond donors (Lipinski definition) is 0. The summed E-state index contributed by atoms with van der Waals surface area (Å²) in [5.41, 5.74) is 3.93. The molecule has 3 aromatic rings. The molecular formula is C20H20ClN5O2. The van der Waals surface area contributed by atoms with Gasteiger partial charge in [0.25, 0.3) is 0 Å². The zero-order valence-electron chi connectivity index (χ0n) is 15.2. The number of amides is 2. The number of carbonyl (C=O) groups excluding carboxylic acids is 1. The number of para-hydroxylation sites is 1. The largest absolute Gasteiger partial charge is 0.378 e. The lowest BCUT2D eigenvalue weighted by Gasteiger charge is -2.36. The van der Waals surface area contributed by atoms with Crippen LogP contribution in [0.3, 0.4) is 0 Å². The average Bonchev–Trinajstić information content (AvgIpc) is 3.18. The molecule has 0 aliphatic carbocycles. The van der Waals surface area contributed by atoms with E-state index in [4.69, 9.17) is 4.74 Å². The fourth-order valence-corrected chi connectivity index (χ4v) is 3.70. The lowest BCUT2D eigenvalue weighted by atomic mass is 10.1. The van der Waals surface area contributed by atoms with Crippen LogP contribution in [-0.2, 0) is 11.4 Å². The number of fused-ring (bicyclic) bond motifs is 3. The molecule has 0 unspecified atom stereocenters. The number of imidazole rings is 1. The Morgan fingerprint density at radius 2 is 1.79 bits per heavy atom. The van der Waals surface area contributed by atoms with Gasteiger partial charge in [-0.05, 0) is 18.2 Å². The van der Waals surface area contributed by atoms with Crippen molar-refractivity contribution in [3.8, 4) is 22.6 Å². The Morgan fingerprint density at radius 3 is 2.57 bits per heavy atom. The number of rotatable bonds is 1. The Balaban J connectivity index is 0.00000192. The number of ether oxygens (including phenoxy) is 1. The van der Waals surface area contributed by atoms with Gasteiger partial charge in [0.05, 0.1) is 30.8 Å². The van der Waals surface area contributed by atoms with Crippen LogP contribution in [0, 0.1) is 0 Å². The smallest absolute Gasteiger partial charge is 0.326 e. The van der Waals surface area contributed by atoms with Crippen LogP contribution in [0.25, 0.3) is 22.6 Å². The fourth-order valence-electron chi connectivity index (χ4n) is 3.70. The minimum Gasteiger partial charge on any atom is -0.378 e. The number of anilines is 1. The Labute approximate surface area is 169 Å². The van der Waals surface area contributed by atoms with E-state index in [0.29, 0.717) is 33.0 Å². The summed E-state index contributed by atoms with van der Waals surface area (Å²) in [4.78, 5) is 25.7. The second-order valence-electron chi connectivity index (χ2n) is 6.60. The quantitative estimate of drug-likeness (QED) is 0.632. The van der Waals surface area contributed by atoms with E-state index in [1.165, 1.54) is 0 Å². The van der Waals surface area contributed by atoms with Crippen molar-refractivity contribution in [2.24, 2.45) is 0 Å². The van der Waals surface area contributed by atoms with Crippen molar-refractivity contribution in [3.05, 3.63) is 55.0 Å². The van der Waals surface area contributed by atoms with Crippen molar-refractivity contribution >= 4 is 24.1 Å². The van der Waals surface area contributed by atoms with Gasteiger partial charge >= 0.3 is 6.03 Å². The van der Waals surface area contributed by atoms with Gasteiger partial charge in [-0.25, -0.2) is 9.78 Å². The summed E-state index contributed by atoms with van der Waals surface area (Å²) in [6.07, 6.45) is 5.39. The monoisotopic (exact) mass is 397 g/mol. The first-order valence-corrected chi connectivity index (χ1v) is 9.02. The van der Waals surface area contributed by atoms with Crippen molar-refractivity contribution in [1.82, 2.24) is 19.4 Å². The van der Waals surface area contributed by atoms with Crippen molar-refractivity contribution in [2.45, 2.75) is 6.67 Å². The lowest BCUT2D eigenvalue weighted by molar-refractivity contribution is 0.0545. The van der Waals surface area contributed by atoms with Gasteiger partial charge in [-0.2, -0.15) is 0 Å². The van der Waals surface area contributed by atoms with E-state index in [2.05, 4.69) is 14.5 Å². The molecule has 2 amide bonds. The van der Waals surface area contributed by atoms with Crippen LogP contribution >= 0.6 is 12.4 Å². The normalized spacial score (nSPS) is 15.4. The van der Waals surface area contributed by atoms with Crippen LogP contribution in [0.15, 0.2) is 55.0 Å². The summed E-state index contributed by atoms with van der Waals surface area (Å²) >= 11 is 0. The molecule has 0 saturated carbocycles. The predicted octanol–water partition coefficient (Wildman–Crippen LogP) is 3.26.